The zero-order valence-corrected chi connectivity index (χ0v) is 11.2. The zero-order valence-electron chi connectivity index (χ0n) is 10.4. The molecule has 2 rings (SSSR count). The Labute approximate surface area is 116 Å². The number of rotatable bonds is 3. The molecule has 0 spiro atoms. The average molecular weight is 282 g/mol. The van der Waals surface area contributed by atoms with E-state index in [9.17, 15) is 9.18 Å². The minimum atomic E-state index is -0.504. The highest BCUT2D eigenvalue weighted by atomic mass is 35.5. The van der Waals surface area contributed by atoms with Crippen LogP contribution in [-0.4, -0.2) is 37.0 Å². The van der Waals surface area contributed by atoms with Gasteiger partial charge in [0.15, 0.2) is 0 Å². The van der Waals surface area contributed by atoms with Crippen molar-refractivity contribution in [2.24, 2.45) is 0 Å². The summed E-state index contributed by atoms with van der Waals surface area (Å²) in [7, 11) is 1.74. The summed E-state index contributed by atoms with van der Waals surface area (Å²) in [5.74, 6) is -0.587. The number of benzene rings is 1. The number of nitriles is 1. The Morgan fingerprint density at radius 2 is 2.37 bits per heavy atom. The molecule has 0 aliphatic carbocycles. The van der Waals surface area contributed by atoms with E-state index in [0.29, 0.717) is 18.7 Å². The van der Waals surface area contributed by atoms with Crippen LogP contribution in [0.5, 0.6) is 0 Å². The molecular weight excluding hydrogens is 269 g/mol. The van der Waals surface area contributed by atoms with Gasteiger partial charge >= 0.3 is 0 Å². The maximum atomic E-state index is 13.1. The molecule has 1 saturated heterocycles. The summed E-state index contributed by atoms with van der Waals surface area (Å²) in [5.41, 5.74) is 0.587. The standard InChI is InChI=1S/C13H13ClFN3O/c1-17(7-5-16)12-4-6-18(13(12)19)9-2-3-11(15)10(14)8-9/h2-3,8,12H,4,6-7H2,1H3/t12-/m1/s1. The third kappa shape index (κ3) is 2.70. The number of carbonyl (C=O) groups is 1. The van der Waals surface area contributed by atoms with Gasteiger partial charge in [0.05, 0.1) is 23.7 Å². The fourth-order valence-corrected chi connectivity index (χ4v) is 2.38. The largest absolute Gasteiger partial charge is 0.311 e. The summed E-state index contributed by atoms with van der Waals surface area (Å²) in [5, 5.41) is 8.66. The number of likely N-dealkylation sites (N-methyl/N-ethyl adjacent to an activating group) is 1. The van der Waals surface area contributed by atoms with Gasteiger partial charge in [0.25, 0.3) is 0 Å². The quantitative estimate of drug-likeness (QED) is 0.797. The molecule has 1 aliphatic rings. The highest BCUT2D eigenvalue weighted by Gasteiger charge is 2.35. The predicted octanol–water partition coefficient (Wildman–Crippen LogP) is 2.04. The number of anilines is 1. The molecule has 4 nitrogen and oxygen atoms in total. The molecule has 1 aliphatic heterocycles. The lowest BCUT2D eigenvalue weighted by Gasteiger charge is -2.21. The second-order valence-corrected chi connectivity index (χ2v) is 4.87. The van der Waals surface area contributed by atoms with Crippen molar-refractivity contribution in [3.05, 3.63) is 29.0 Å². The van der Waals surface area contributed by atoms with Crippen LogP contribution in [0, 0.1) is 17.1 Å². The molecule has 0 saturated carbocycles. The second kappa shape index (κ2) is 5.55. The van der Waals surface area contributed by atoms with E-state index >= 15 is 0 Å². The summed E-state index contributed by atoms with van der Waals surface area (Å²) in [6, 6.07) is 5.94. The maximum Gasteiger partial charge on any atom is 0.244 e. The number of hydrogen-bond donors (Lipinski definition) is 0. The average Bonchev–Trinajstić information content (AvgIpc) is 2.75. The van der Waals surface area contributed by atoms with Gasteiger partial charge in [-0.3, -0.25) is 9.69 Å². The highest BCUT2D eigenvalue weighted by molar-refractivity contribution is 6.31. The molecule has 1 fully saturated rings. The van der Waals surface area contributed by atoms with E-state index in [-0.39, 0.29) is 23.5 Å². The molecular formula is C13H13ClFN3O. The molecule has 1 atom stereocenters. The van der Waals surface area contributed by atoms with Crippen molar-refractivity contribution in [3.8, 4) is 6.07 Å². The first kappa shape index (κ1) is 13.8. The van der Waals surface area contributed by atoms with Crippen LogP contribution in [0.15, 0.2) is 18.2 Å². The molecule has 0 unspecified atom stereocenters. The predicted molar refractivity (Wildman–Crippen MR) is 70.4 cm³/mol. The number of halogens is 2. The van der Waals surface area contributed by atoms with Crippen LogP contribution in [0.4, 0.5) is 10.1 Å². The van der Waals surface area contributed by atoms with Gasteiger partial charge in [0.1, 0.15) is 5.82 Å². The first-order valence-corrected chi connectivity index (χ1v) is 6.26. The SMILES string of the molecule is CN(CC#N)[C@@H]1CCN(c2ccc(F)c(Cl)c2)C1=O. The fraction of sp³-hybridized carbons (Fsp3) is 0.385. The Morgan fingerprint density at radius 3 is 3.00 bits per heavy atom. The number of amides is 1. The fourth-order valence-electron chi connectivity index (χ4n) is 2.20. The van der Waals surface area contributed by atoms with Crippen molar-refractivity contribution >= 4 is 23.2 Å². The molecule has 19 heavy (non-hydrogen) atoms. The summed E-state index contributed by atoms with van der Waals surface area (Å²) in [4.78, 5) is 15.5. The molecule has 1 aromatic carbocycles. The van der Waals surface area contributed by atoms with Crippen LogP contribution in [0.2, 0.25) is 5.02 Å². The van der Waals surface area contributed by atoms with E-state index in [1.165, 1.54) is 18.2 Å². The van der Waals surface area contributed by atoms with Crippen LogP contribution in [-0.2, 0) is 4.79 Å². The third-order valence-corrected chi connectivity index (χ3v) is 3.53. The lowest BCUT2D eigenvalue weighted by Crippen LogP contribution is -2.39. The van der Waals surface area contributed by atoms with Crippen LogP contribution in [0.3, 0.4) is 0 Å². The van der Waals surface area contributed by atoms with Crippen LogP contribution < -0.4 is 4.90 Å². The van der Waals surface area contributed by atoms with E-state index < -0.39 is 5.82 Å². The first-order valence-electron chi connectivity index (χ1n) is 5.88. The molecule has 1 heterocycles. The van der Waals surface area contributed by atoms with E-state index in [4.69, 9.17) is 16.9 Å². The molecule has 6 heteroatoms. The monoisotopic (exact) mass is 281 g/mol. The molecule has 1 aromatic rings. The Morgan fingerprint density at radius 1 is 1.63 bits per heavy atom. The molecule has 1 amide bonds. The Balaban J connectivity index is 2.17. The van der Waals surface area contributed by atoms with Crippen molar-refractivity contribution < 1.29 is 9.18 Å². The molecule has 0 N–H and O–H groups in total. The van der Waals surface area contributed by atoms with Crippen LogP contribution >= 0.6 is 11.6 Å². The molecule has 0 radical (unpaired) electrons. The van der Waals surface area contributed by atoms with Crippen molar-refractivity contribution in [1.82, 2.24) is 4.90 Å². The second-order valence-electron chi connectivity index (χ2n) is 4.47. The molecule has 0 aromatic heterocycles. The summed E-state index contributed by atoms with van der Waals surface area (Å²) in [6.45, 7) is 0.746. The number of nitrogens with zero attached hydrogens (tertiary/aromatic N) is 3. The van der Waals surface area contributed by atoms with Gasteiger partial charge < -0.3 is 4.90 Å². The maximum absolute atomic E-state index is 13.1. The Bertz CT molecular complexity index is 543. The van der Waals surface area contributed by atoms with Crippen LogP contribution in [0.25, 0.3) is 0 Å². The van der Waals surface area contributed by atoms with Crippen molar-refractivity contribution in [2.45, 2.75) is 12.5 Å². The van der Waals surface area contributed by atoms with Gasteiger partial charge in [0.2, 0.25) is 5.91 Å². The van der Waals surface area contributed by atoms with Gasteiger partial charge in [-0.2, -0.15) is 5.26 Å². The van der Waals surface area contributed by atoms with Crippen LogP contribution in [0.1, 0.15) is 6.42 Å². The summed E-state index contributed by atoms with van der Waals surface area (Å²) in [6.07, 6.45) is 0.645. The number of carbonyl (C=O) groups excluding carboxylic acids is 1. The lowest BCUT2D eigenvalue weighted by atomic mass is 10.2. The number of hydrogen-bond acceptors (Lipinski definition) is 3. The Kier molecular flexibility index (Phi) is 4.03. The summed E-state index contributed by atoms with van der Waals surface area (Å²) >= 11 is 5.72. The minimum absolute atomic E-state index is 0.000806. The highest BCUT2D eigenvalue weighted by Crippen LogP contribution is 2.27. The Hall–Kier alpha value is -1.64. The van der Waals surface area contributed by atoms with Gasteiger partial charge in [-0.25, -0.2) is 4.39 Å². The van der Waals surface area contributed by atoms with Gasteiger partial charge in [0, 0.05) is 12.2 Å². The van der Waals surface area contributed by atoms with Gasteiger partial charge in [-0.15, -0.1) is 0 Å². The van der Waals surface area contributed by atoms with E-state index in [0.717, 1.165) is 0 Å². The van der Waals surface area contributed by atoms with Crippen molar-refractivity contribution in [1.29, 1.82) is 5.26 Å². The van der Waals surface area contributed by atoms with E-state index in [2.05, 4.69) is 0 Å². The normalized spacial score (nSPS) is 19.0. The van der Waals surface area contributed by atoms with Crippen molar-refractivity contribution in [3.63, 3.8) is 0 Å². The lowest BCUT2D eigenvalue weighted by molar-refractivity contribution is -0.121. The third-order valence-electron chi connectivity index (χ3n) is 3.24. The van der Waals surface area contributed by atoms with E-state index in [1.54, 1.807) is 16.8 Å². The topological polar surface area (TPSA) is 47.3 Å². The van der Waals surface area contributed by atoms with Gasteiger partial charge in [-0.1, -0.05) is 11.6 Å². The smallest absolute Gasteiger partial charge is 0.244 e. The minimum Gasteiger partial charge on any atom is -0.311 e. The zero-order chi connectivity index (χ0) is 14.0. The first-order chi connectivity index (χ1) is 9.04. The van der Waals surface area contributed by atoms with Gasteiger partial charge in [-0.05, 0) is 31.7 Å². The molecule has 100 valence electrons. The van der Waals surface area contributed by atoms with E-state index in [1.807, 2.05) is 6.07 Å². The summed E-state index contributed by atoms with van der Waals surface area (Å²) < 4.78 is 13.1. The molecule has 0 bridgehead atoms. The van der Waals surface area contributed by atoms with Crippen molar-refractivity contribution in [2.75, 3.05) is 25.0 Å².